The Labute approximate surface area is 105 Å². The first kappa shape index (κ1) is 10.3. The van der Waals surface area contributed by atoms with Crippen LogP contribution in [0.15, 0.2) is 29.3 Å². The molecule has 1 aliphatic rings. The summed E-state index contributed by atoms with van der Waals surface area (Å²) in [7, 11) is 0. The number of aromatic amines is 1. The lowest BCUT2D eigenvalue weighted by Crippen LogP contribution is -2.13. The Morgan fingerprint density at radius 3 is 2.94 bits per heavy atom. The SMILES string of the molecule is O=C1Nc2ccccc2/C1=N/c1n[nH]c(=S)s1. The van der Waals surface area contributed by atoms with Crippen LogP contribution >= 0.6 is 23.6 Å². The first-order chi connectivity index (χ1) is 8.24. The van der Waals surface area contributed by atoms with E-state index in [4.69, 9.17) is 12.2 Å². The second-order valence-corrected chi connectivity index (χ2v) is 5.00. The maximum absolute atomic E-state index is 11.7. The predicted molar refractivity (Wildman–Crippen MR) is 68.6 cm³/mol. The number of H-pyrrole nitrogens is 1. The number of aliphatic imine (C=N–C) groups is 1. The molecule has 2 aromatic rings. The van der Waals surface area contributed by atoms with E-state index in [0.29, 0.717) is 14.8 Å². The van der Waals surface area contributed by atoms with Crippen LogP contribution in [0, 0.1) is 3.95 Å². The van der Waals surface area contributed by atoms with Crippen LogP contribution in [0.2, 0.25) is 0 Å². The van der Waals surface area contributed by atoms with Gasteiger partial charge in [0.05, 0.1) is 5.69 Å². The quantitative estimate of drug-likeness (QED) is 0.774. The van der Waals surface area contributed by atoms with Gasteiger partial charge in [-0.05, 0) is 18.3 Å². The van der Waals surface area contributed by atoms with Gasteiger partial charge in [-0.15, -0.1) is 5.10 Å². The van der Waals surface area contributed by atoms with E-state index in [0.717, 1.165) is 11.3 Å². The highest BCUT2D eigenvalue weighted by atomic mass is 32.1. The minimum absolute atomic E-state index is 0.215. The highest BCUT2D eigenvalue weighted by Gasteiger charge is 2.25. The third kappa shape index (κ3) is 1.79. The normalized spacial score (nSPS) is 16.0. The number of benzene rings is 1. The van der Waals surface area contributed by atoms with E-state index in [-0.39, 0.29) is 5.91 Å². The molecule has 0 atom stereocenters. The van der Waals surface area contributed by atoms with Gasteiger partial charge in [0.25, 0.3) is 5.91 Å². The van der Waals surface area contributed by atoms with Crippen molar-refractivity contribution >= 4 is 46.0 Å². The molecule has 1 amide bonds. The molecule has 0 aliphatic carbocycles. The van der Waals surface area contributed by atoms with E-state index in [9.17, 15) is 4.79 Å². The summed E-state index contributed by atoms with van der Waals surface area (Å²) < 4.78 is 0.538. The fourth-order valence-corrected chi connectivity index (χ4v) is 2.33. The van der Waals surface area contributed by atoms with Gasteiger partial charge < -0.3 is 5.32 Å². The van der Waals surface area contributed by atoms with E-state index in [2.05, 4.69) is 20.5 Å². The summed E-state index contributed by atoms with van der Waals surface area (Å²) in [5, 5.41) is 9.74. The molecule has 0 bridgehead atoms. The van der Waals surface area contributed by atoms with Gasteiger partial charge in [-0.2, -0.15) is 0 Å². The number of carbonyl (C=O) groups is 1. The standard InChI is InChI=1S/C10H6N4OS2/c15-8-7(12-9-13-14-10(16)17-9)5-3-1-2-4-6(5)11-8/h1-4H,(H,14,16)(H,11,12,13,15). The number of rotatable bonds is 1. The molecule has 0 fully saturated rings. The molecule has 1 aliphatic heterocycles. The van der Waals surface area contributed by atoms with Crippen LogP contribution in [0.5, 0.6) is 0 Å². The van der Waals surface area contributed by atoms with Crippen molar-refractivity contribution in [2.24, 2.45) is 4.99 Å². The highest BCUT2D eigenvalue weighted by molar-refractivity contribution is 7.73. The smallest absolute Gasteiger partial charge is 0.275 e. The Balaban J connectivity index is 2.12. The van der Waals surface area contributed by atoms with Gasteiger partial charge in [0, 0.05) is 5.56 Å². The Kier molecular flexibility index (Phi) is 2.34. The molecular weight excluding hydrogens is 256 g/mol. The van der Waals surface area contributed by atoms with Gasteiger partial charge >= 0.3 is 0 Å². The minimum atomic E-state index is -0.215. The molecule has 2 heterocycles. The Morgan fingerprint density at radius 2 is 2.18 bits per heavy atom. The molecule has 1 aromatic carbocycles. The topological polar surface area (TPSA) is 70.1 Å². The van der Waals surface area contributed by atoms with E-state index < -0.39 is 0 Å². The van der Waals surface area contributed by atoms with Crippen LogP contribution in [0.3, 0.4) is 0 Å². The monoisotopic (exact) mass is 262 g/mol. The first-order valence-corrected chi connectivity index (χ1v) is 6.01. The number of nitrogens with zero attached hydrogens (tertiary/aromatic N) is 2. The molecule has 0 saturated heterocycles. The molecule has 1 aromatic heterocycles. The molecule has 0 radical (unpaired) electrons. The average Bonchev–Trinajstić information content (AvgIpc) is 2.85. The van der Waals surface area contributed by atoms with Crippen molar-refractivity contribution in [3.05, 3.63) is 33.8 Å². The number of fused-ring (bicyclic) bond motifs is 1. The number of hydrogen-bond donors (Lipinski definition) is 2. The average molecular weight is 262 g/mol. The van der Waals surface area contributed by atoms with Gasteiger partial charge in [-0.1, -0.05) is 29.5 Å². The molecule has 7 heteroatoms. The van der Waals surface area contributed by atoms with Crippen molar-refractivity contribution in [1.29, 1.82) is 0 Å². The maximum atomic E-state index is 11.7. The Hall–Kier alpha value is -1.86. The number of amides is 1. The number of anilines is 1. The van der Waals surface area contributed by atoms with Gasteiger partial charge in [0.1, 0.15) is 5.71 Å². The van der Waals surface area contributed by atoms with Crippen molar-refractivity contribution < 1.29 is 4.79 Å². The number of hydrogen-bond acceptors (Lipinski definition) is 5. The second-order valence-electron chi connectivity index (χ2n) is 3.36. The summed E-state index contributed by atoms with van der Waals surface area (Å²) in [6, 6.07) is 7.40. The lowest BCUT2D eigenvalue weighted by molar-refractivity contribution is -0.110. The first-order valence-electron chi connectivity index (χ1n) is 4.79. The summed E-state index contributed by atoms with van der Waals surface area (Å²) in [6.07, 6.45) is 0. The predicted octanol–water partition coefficient (Wildman–Crippen LogP) is 2.27. The third-order valence-electron chi connectivity index (χ3n) is 2.28. The zero-order chi connectivity index (χ0) is 11.8. The van der Waals surface area contributed by atoms with E-state index in [1.165, 1.54) is 11.3 Å². The highest BCUT2D eigenvalue weighted by Crippen LogP contribution is 2.25. The summed E-state index contributed by atoms with van der Waals surface area (Å²) in [6.45, 7) is 0. The van der Waals surface area contributed by atoms with Gasteiger partial charge in [0.2, 0.25) is 5.13 Å². The zero-order valence-corrected chi connectivity index (χ0v) is 10.1. The molecule has 2 N–H and O–H groups in total. The number of nitrogens with one attached hydrogen (secondary N) is 2. The third-order valence-corrected chi connectivity index (χ3v) is 3.26. The van der Waals surface area contributed by atoms with E-state index in [1.807, 2.05) is 24.3 Å². The molecule has 3 rings (SSSR count). The van der Waals surface area contributed by atoms with Gasteiger partial charge in [-0.3, -0.25) is 9.89 Å². The molecular formula is C10H6N4OS2. The van der Waals surface area contributed by atoms with Crippen LogP contribution in [-0.4, -0.2) is 21.8 Å². The summed E-state index contributed by atoms with van der Waals surface area (Å²) >= 11 is 6.14. The molecule has 0 saturated carbocycles. The van der Waals surface area contributed by atoms with Crippen LogP contribution in [0.25, 0.3) is 0 Å². The van der Waals surface area contributed by atoms with Gasteiger partial charge in [0.15, 0.2) is 3.95 Å². The maximum Gasteiger partial charge on any atom is 0.275 e. The molecule has 5 nitrogen and oxygen atoms in total. The largest absolute Gasteiger partial charge is 0.320 e. The van der Waals surface area contributed by atoms with Crippen LogP contribution in [0.1, 0.15) is 5.56 Å². The van der Waals surface area contributed by atoms with Crippen molar-refractivity contribution in [1.82, 2.24) is 10.2 Å². The van der Waals surface area contributed by atoms with E-state index >= 15 is 0 Å². The van der Waals surface area contributed by atoms with Crippen molar-refractivity contribution in [3.63, 3.8) is 0 Å². The fraction of sp³-hybridized carbons (Fsp3) is 0. The lowest BCUT2D eigenvalue weighted by Gasteiger charge is -1.94. The fourth-order valence-electron chi connectivity index (χ4n) is 1.58. The van der Waals surface area contributed by atoms with Gasteiger partial charge in [-0.25, -0.2) is 4.99 Å². The van der Waals surface area contributed by atoms with Crippen LogP contribution in [0.4, 0.5) is 10.8 Å². The minimum Gasteiger partial charge on any atom is -0.320 e. The van der Waals surface area contributed by atoms with Crippen LogP contribution in [-0.2, 0) is 4.79 Å². The molecule has 84 valence electrons. The van der Waals surface area contributed by atoms with E-state index in [1.54, 1.807) is 0 Å². The van der Waals surface area contributed by atoms with Crippen molar-refractivity contribution in [2.45, 2.75) is 0 Å². The van der Waals surface area contributed by atoms with Crippen molar-refractivity contribution in [2.75, 3.05) is 5.32 Å². The summed E-state index contributed by atoms with van der Waals surface area (Å²) in [5.74, 6) is -0.215. The zero-order valence-electron chi connectivity index (χ0n) is 8.43. The lowest BCUT2D eigenvalue weighted by atomic mass is 10.1. The van der Waals surface area contributed by atoms with Crippen molar-refractivity contribution in [3.8, 4) is 0 Å². The number of aromatic nitrogens is 2. The number of carbonyl (C=O) groups excluding carboxylic acids is 1. The molecule has 0 spiro atoms. The van der Waals surface area contributed by atoms with Crippen LogP contribution < -0.4 is 5.32 Å². The molecule has 0 unspecified atom stereocenters. The number of para-hydroxylation sites is 1. The summed E-state index contributed by atoms with van der Waals surface area (Å²) in [5.41, 5.74) is 1.94. The summed E-state index contributed by atoms with van der Waals surface area (Å²) in [4.78, 5) is 16.0. The molecule has 17 heavy (non-hydrogen) atoms. The Morgan fingerprint density at radius 1 is 1.35 bits per heavy atom. The second kappa shape index (κ2) is 3.86. The Bertz CT molecular complexity index is 685.